The molecule has 0 saturated carbocycles. The monoisotopic (exact) mass is 392 g/mol. The molecule has 1 aliphatic heterocycles. The normalized spacial score (nSPS) is 15.1. The predicted molar refractivity (Wildman–Crippen MR) is 86.2 cm³/mol. The molecule has 1 aliphatic rings. The van der Waals surface area contributed by atoms with Crippen molar-refractivity contribution in [1.82, 2.24) is 9.03 Å². The first kappa shape index (κ1) is 17.3. The molecule has 1 amide bonds. The highest BCUT2D eigenvalue weighted by Gasteiger charge is 2.30. The minimum atomic E-state index is -4.17. The van der Waals surface area contributed by atoms with E-state index in [1.807, 2.05) is 11.4 Å². The van der Waals surface area contributed by atoms with Gasteiger partial charge in [0, 0.05) is 18.0 Å². The summed E-state index contributed by atoms with van der Waals surface area (Å²) in [7, 11) is -4.17. The van der Waals surface area contributed by atoms with Gasteiger partial charge in [0.15, 0.2) is 0 Å². The van der Waals surface area contributed by atoms with Crippen LogP contribution in [0.25, 0.3) is 0 Å². The minimum Gasteiger partial charge on any atom is -0.268 e. The van der Waals surface area contributed by atoms with Crippen LogP contribution in [0.5, 0.6) is 0 Å². The highest BCUT2D eigenvalue weighted by Crippen LogP contribution is 2.25. The summed E-state index contributed by atoms with van der Waals surface area (Å²) in [6.45, 7) is 0.326. The zero-order chi connectivity index (χ0) is 17.5. The van der Waals surface area contributed by atoms with Crippen LogP contribution in [0, 0.1) is 11.6 Å². The molecular weight excluding hydrogens is 382 g/mol. The van der Waals surface area contributed by atoms with Gasteiger partial charge in [-0.1, -0.05) is 11.6 Å². The Kier molecular flexibility index (Phi) is 4.60. The van der Waals surface area contributed by atoms with Gasteiger partial charge in [-0.3, -0.25) is 4.79 Å². The molecule has 0 spiro atoms. The van der Waals surface area contributed by atoms with E-state index in [2.05, 4.69) is 0 Å². The summed E-state index contributed by atoms with van der Waals surface area (Å²) < 4.78 is 54.6. The average molecular weight is 393 g/mol. The fraction of sp³-hybridized carbons (Fsp3) is 0.214. The molecule has 0 fully saturated rings. The van der Waals surface area contributed by atoms with E-state index >= 15 is 0 Å². The lowest BCUT2D eigenvalue weighted by molar-refractivity contribution is 0.0974. The van der Waals surface area contributed by atoms with E-state index in [0.717, 1.165) is 14.7 Å². The quantitative estimate of drug-likeness (QED) is 0.817. The molecule has 3 rings (SSSR count). The van der Waals surface area contributed by atoms with Crippen molar-refractivity contribution in [2.75, 3.05) is 6.54 Å². The van der Waals surface area contributed by atoms with Crippen LogP contribution in [-0.4, -0.2) is 25.2 Å². The molecule has 0 aliphatic carbocycles. The summed E-state index contributed by atoms with van der Waals surface area (Å²) in [5.74, 6) is -3.37. The SMILES string of the molecule is O=C(NS(=O)(=O)N1CCc2sccc2C1)c1cc(F)c(Cl)cc1F. The van der Waals surface area contributed by atoms with Crippen LogP contribution in [-0.2, 0) is 23.2 Å². The Morgan fingerprint density at radius 2 is 2.04 bits per heavy atom. The molecule has 2 aromatic rings. The number of nitrogens with one attached hydrogen (secondary N) is 1. The molecule has 1 aromatic heterocycles. The maximum absolute atomic E-state index is 13.7. The van der Waals surface area contributed by atoms with Gasteiger partial charge in [-0.2, -0.15) is 12.7 Å². The zero-order valence-electron chi connectivity index (χ0n) is 12.1. The van der Waals surface area contributed by atoms with E-state index in [-0.39, 0.29) is 13.1 Å². The Morgan fingerprint density at radius 3 is 2.79 bits per heavy atom. The molecule has 24 heavy (non-hydrogen) atoms. The predicted octanol–water partition coefficient (Wildman–Crippen LogP) is 2.71. The largest absolute Gasteiger partial charge is 0.304 e. The van der Waals surface area contributed by atoms with Crippen LogP contribution >= 0.6 is 22.9 Å². The van der Waals surface area contributed by atoms with Crippen molar-refractivity contribution in [3.05, 3.63) is 56.2 Å². The van der Waals surface area contributed by atoms with Crippen molar-refractivity contribution in [3.63, 3.8) is 0 Å². The highest BCUT2D eigenvalue weighted by atomic mass is 35.5. The van der Waals surface area contributed by atoms with Crippen molar-refractivity contribution in [2.45, 2.75) is 13.0 Å². The number of hydrogen-bond donors (Lipinski definition) is 1. The van der Waals surface area contributed by atoms with Crippen LogP contribution in [0.1, 0.15) is 20.8 Å². The summed E-state index contributed by atoms with van der Waals surface area (Å²) in [5.41, 5.74) is 0.140. The molecule has 5 nitrogen and oxygen atoms in total. The molecule has 2 heterocycles. The second-order valence-electron chi connectivity index (χ2n) is 5.13. The van der Waals surface area contributed by atoms with Gasteiger partial charge >= 0.3 is 10.2 Å². The summed E-state index contributed by atoms with van der Waals surface area (Å²) in [4.78, 5) is 13.1. The third-order valence-electron chi connectivity index (χ3n) is 3.59. The van der Waals surface area contributed by atoms with E-state index in [4.69, 9.17) is 11.6 Å². The summed E-state index contributed by atoms with van der Waals surface area (Å²) in [5, 5.41) is 1.37. The van der Waals surface area contributed by atoms with Crippen molar-refractivity contribution < 1.29 is 22.0 Å². The first-order valence-corrected chi connectivity index (χ1v) is 9.49. The second kappa shape index (κ2) is 6.40. The molecule has 0 bridgehead atoms. The van der Waals surface area contributed by atoms with E-state index in [9.17, 15) is 22.0 Å². The van der Waals surface area contributed by atoms with Crippen molar-refractivity contribution in [1.29, 1.82) is 0 Å². The van der Waals surface area contributed by atoms with Gasteiger partial charge in [0.1, 0.15) is 11.6 Å². The van der Waals surface area contributed by atoms with Gasteiger partial charge in [0.2, 0.25) is 0 Å². The number of nitrogens with zero attached hydrogens (tertiary/aromatic N) is 1. The molecule has 0 radical (unpaired) electrons. The molecule has 0 atom stereocenters. The number of benzene rings is 1. The Labute approximate surface area is 146 Å². The molecule has 0 saturated heterocycles. The van der Waals surface area contributed by atoms with E-state index in [1.165, 1.54) is 0 Å². The lowest BCUT2D eigenvalue weighted by Crippen LogP contribution is -2.45. The second-order valence-corrected chi connectivity index (χ2v) is 8.21. The third-order valence-corrected chi connectivity index (χ3v) is 6.34. The zero-order valence-corrected chi connectivity index (χ0v) is 14.4. The van der Waals surface area contributed by atoms with Crippen LogP contribution in [0.3, 0.4) is 0 Å². The van der Waals surface area contributed by atoms with Gasteiger partial charge in [0.05, 0.1) is 10.6 Å². The lowest BCUT2D eigenvalue weighted by atomic mass is 10.1. The summed E-state index contributed by atoms with van der Waals surface area (Å²) >= 11 is 6.95. The van der Waals surface area contributed by atoms with E-state index in [1.54, 1.807) is 16.1 Å². The van der Waals surface area contributed by atoms with Crippen LogP contribution in [0.2, 0.25) is 5.02 Å². The van der Waals surface area contributed by atoms with Crippen molar-refractivity contribution in [3.8, 4) is 0 Å². The summed E-state index contributed by atoms with van der Waals surface area (Å²) in [6.07, 6.45) is 0.534. The van der Waals surface area contributed by atoms with Crippen LogP contribution in [0.4, 0.5) is 8.78 Å². The maximum Gasteiger partial charge on any atom is 0.304 e. The Bertz CT molecular complexity index is 915. The standard InChI is InChI=1S/C14H11ClF2N2O3S2/c15-10-6-11(16)9(5-12(10)17)14(20)18-24(21,22)19-3-1-13-8(7-19)2-4-23-13/h2,4-6H,1,3,7H2,(H,18,20). The van der Waals surface area contributed by atoms with E-state index < -0.39 is 38.3 Å². The Morgan fingerprint density at radius 1 is 1.29 bits per heavy atom. The van der Waals surface area contributed by atoms with Crippen LogP contribution in [0.15, 0.2) is 23.6 Å². The first-order valence-electron chi connectivity index (χ1n) is 6.80. The van der Waals surface area contributed by atoms with Gasteiger partial charge < -0.3 is 0 Å². The molecule has 0 unspecified atom stereocenters. The molecular formula is C14H11ClF2N2O3S2. The lowest BCUT2D eigenvalue weighted by Gasteiger charge is -2.26. The first-order chi connectivity index (χ1) is 11.3. The fourth-order valence-electron chi connectivity index (χ4n) is 2.36. The topological polar surface area (TPSA) is 66.5 Å². The van der Waals surface area contributed by atoms with Crippen molar-refractivity contribution >= 4 is 39.1 Å². The number of rotatable bonds is 3. The Hall–Kier alpha value is -1.55. The molecule has 1 aromatic carbocycles. The number of carbonyl (C=O) groups is 1. The number of amides is 1. The van der Waals surface area contributed by atoms with Gasteiger partial charge in [-0.25, -0.2) is 13.5 Å². The highest BCUT2D eigenvalue weighted by molar-refractivity contribution is 7.87. The number of hydrogen-bond acceptors (Lipinski definition) is 4. The number of fused-ring (bicyclic) bond motifs is 1. The van der Waals surface area contributed by atoms with Gasteiger partial charge in [-0.05, 0) is 35.6 Å². The number of carbonyl (C=O) groups excluding carboxylic acids is 1. The van der Waals surface area contributed by atoms with Gasteiger partial charge in [-0.15, -0.1) is 11.3 Å². The maximum atomic E-state index is 13.7. The van der Waals surface area contributed by atoms with Crippen LogP contribution < -0.4 is 4.72 Å². The van der Waals surface area contributed by atoms with E-state index in [0.29, 0.717) is 18.6 Å². The molecule has 128 valence electrons. The average Bonchev–Trinajstić information content (AvgIpc) is 2.97. The molecule has 1 N–H and O–H groups in total. The Balaban J connectivity index is 1.80. The van der Waals surface area contributed by atoms with Gasteiger partial charge in [0.25, 0.3) is 5.91 Å². The molecule has 10 heteroatoms. The number of thiophene rings is 1. The smallest absolute Gasteiger partial charge is 0.268 e. The fourth-order valence-corrected chi connectivity index (χ4v) is 4.52. The summed E-state index contributed by atoms with van der Waals surface area (Å²) in [6, 6.07) is 3.00. The third kappa shape index (κ3) is 3.30. The minimum absolute atomic E-state index is 0.124. The van der Waals surface area contributed by atoms with Crippen molar-refractivity contribution in [2.24, 2.45) is 0 Å². The number of halogens is 3.